The van der Waals surface area contributed by atoms with E-state index in [9.17, 15) is 24.0 Å². The van der Waals surface area contributed by atoms with Gasteiger partial charge in [-0.05, 0) is 39.0 Å². The van der Waals surface area contributed by atoms with Gasteiger partial charge in [0.1, 0.15) is 17.5 Å². The zero-order valence-electron chi connectivity index (χ0n) is 28.5. The van der Waals surface area contributed by atoms with E-state index in [4.69, 9.17) is 18.9 Å². The molecule has 16 nitrogen and oxygen atoms in total. The minimum absolute atomic E-state index is 0.0554. The number of aryl methyl sites for hydroxylation is 1. The normalized spacial score (nSPS) is 18.6. The van der Waals surface area contributed by atoms with Gasteiger partial charge in [0.25, 0.3) is 0 Å². The van der Waals surface area contributed by atoms with Crippen molar-refractivity contribution in [1.29, 1.82) is 0 Å². The van der Waals surface area contributed by atoms with Crippen LogP contribution < -0.4 is 9.80 Å². The first-order valence-electron chi connectivity index (χ1n) is 16.0. The van der Waals surface area contributed by atoms with E-state index in [1.807, 2.05) is 18.1 Å². The van der Waals surface area contributed by atoms with Gasteiger partial charge in [-0.15, -0.1) is 0 Å². The second-order valence-electron chi connectivity index (χ2n) is 13.2. The number of esters is 1. The molecular formula is C32H42FN7O9. The van der Waals surface area contributed by atoms with Crippen LogP contribution in [-0.2, 0) is 48.7 Å². The number of carbonyl (C=O) groups is 5. The van der Waals surface area contributed by atoms with E-state index < -0.39 is 54.0 Å². The molecule has 2 fully saturated rings. The second-order valence-corrected chi connectivity index (χ2v) is 13.2. The molecule has 49 heavy (non-hydrogen) atoms. The molecule has 3 aliphatic rings. The van der Waals surface area contributed by atoms with Crippen molar-refractivity contribution >= 4 is 41.5 Å². The number of hydrogen-bond donors (Lipinski definition) is 0. The van der Waals surface area contributed by atoms with Crippen LogP contribution in [0.3, 0.4) is 0 Å². The van der Waals surface area contributed by atoms with Gasteiger partial charge in [-0.2, -0.15) is 5.10 Å². The molecule has 2 aromatic rings. The number of amides is 4. The molecule has 4 amide bonds. The maximum absolute atomic E-state index is 15.2. The van der Waals surface area contributed by atoms with E-state index in [0.717, 1.165) is 23.1 Å². The molecule has 17 heteroatoms. The van der Waals surface area contributed by atoms with Gasteiger partial charge in [-0.3, -0.25) is 24.1 Å². The summed E-state index contributed by atoms with van der Waals surface area (Å²) in [7, 11) is 1.83. The molecule has 5 rings (SSSR count). The summed E-state index contributed by atoms with van der Waals surface area (Å²) >= 11 is 0. The molecular weight excluding hydrogens is 645 g/mol. The fourth-order valence-electron chi connectivity index (χ4n) is 5.79. The Morgan fingerprint density at radius 3 is 2.45 bits per heavy atom. The van der Waals surface area contributed by atoms with Gasteiger partial charge < -0.3 is 28.7 Å². The van der Waals surface area contributed by atoms with Gasteiger partial charge in [0.05, 0.1) is 43.2 Å². The molecule has 0 aliphatic carbocycles. The molecule has 0 radical (unpaired) electrons. The van der Waals surface area contributed by atoms with Crippen LogP contribution in [0.15, 0.2) is 24.4 Å². The number of imide groups is 1. The van der Waals surface area contributed by atoms with E-state index in [2.05, 4.69) is 5.10 Å². The van der Waals surface area contributed by atoms with Gasteiger partial charge in [0.15, 0.2) is 0 Å². The van der Waals surface area contributed by atoms with Crippen LogP contribution in [0.1, 0.15) is 45.9 Å². The van der Waals surface area contributed by atoms with Crippen LogP contribution in [0.25, 0.3) is 0 Å². The number of fused-ring (bicyclic) bond motifs is 1. The van der Waals surface area contributed by atoms with Crippen LogP contribution in [0.4, 0.5) is 30.1 Å². The number of anilines is 2. The highest BCUT2D eigenvalue weighted by atomic mass is 19.1. The molecule has 1 aromatic carbocycles. The van der Waals surface area contributed by atoms with E-state index in [-0.39, 0.29) is 25.3 Å². The first-order chi connectivity index (χ1) is 23.1. The predicted octanol–water partition coefficient (Wildman–Crippen LogP) is 2.83. The SMILES string of the molecule is CC(=O)N(CC1CN(c2ccc(N3Cc4cn(C)nc4C3)c(F)c2)C(=O)O1)C(=O)OC(C)OC(=O)CN1CCN(C(=O)OC(C)(C)C)CC1. The van der Waals surface area contributed by atoms with Crippen molar-refractivity contribution in [2.45, 2.75) is 65.7 Å². The number of benzene rings is 1. The Hall–Kier alpha value is -4.93. The van der Waals surface area contributed by atoms with Gasteiger partial charge in [0.2, 0.25) is 12.2 Å². The average Bonchev–Trinajstić information content (AvgIpc) is 3.67. The third-order valence-corrected chi connectivity index (χ3v) is 8.08. The summed E-state index contributed by atoms with van der Waals surface area (Å²) in [6, 6.07) is 4.43. The number of piperazine rings is 1. The van der Waals surface area contributed by atoms with Crippen molar-refractivity contribution in [3.63, 3.8) is 0 Å². The monoisotopic (exact) mass is 687 g/mol. The molecule has 0 saturated carbocycles. The minimum atomic E-state index is -1.33. The molecule has 0 bridgehead atoms. The van der Waals surface area contributed by atoms with Crippen LogP contribution >= 0.6 is 0 Å². The lowest BCUT2D eigenvalue weighted by molar-refractivity contribution is -0.168. The van der Waals surface area contributed by atoms with E-state index in [0.29, 0.717) is 45.0 Å². The predicted molar refractivity (Wildman–Crippen MR) is 171 cm³/mol. The summed E-state index contributed by atoms with van der Waals surface area (Å²) in [5.74, 6) is -1.87. The summed E-state index contributed by atoms with van der Waals surface area (Å²) in [5.41, 5.74) is 1.91. The number of nitrogens with zero attached hydrogens (tertiary/aromatic N) is 7. The molecule has 266 valence electrons. The zero-order valence-corrected chi connectivity index (χ0v) is 28.5. The second kappa shape index (κ2) is 14.3. The molecule has 0 N–H and O–H groups in total. The first-order valence-corrected chi connectivity index (χ1v) is 16.0. The van der Waals surface area contributed by atoms with Gasteiger partial charge >= 0.3 is 24.2 Å². The highest BCUT2D eigenvalue weighted by Gasteiger charge is 2.37. The fourth-order valence-corrected chi connectivity index (χ4v) is 5.79. The number of halogens is 1. The number of aromatic nitrogens is 2. The number of carbonyl (C=O) groups excluding carboxylic acids is 5. The van der Waals surface area contributed by atoms with Crippen molar-refractivity contribution in [2.75, 3.05) is 55.6 Å². The summed E-state index contributed by atoms with van der Waals surface area (Å²) in [5, 5.41) is 4.39. The maximum Gasteiger partial charge on any atom is 0.419 e. The molecule has 1 aromatic heterocycles. The average molecular weight is 688 g/mol. The Morgan fingerprint density at radius 2 is 1.82 bits per heavy atom. The first kappa shape index (κ1) is 35.4. The zero-order chi connectivity index (χ0) is 35.6. The van der Waals surface area contributed by atoms with Crippen LogP contribution in [0, 0.1) is 5.82 Å². The molecule has 0 spiro atoms. The smallest absolute Gasteiger partial charge is 0.419 e. The van der Waals surface area contributed by atoms with Gasteiger partial charge in [-0.25, -0.2) is 23.7 Å². The number of cyclic esters (lactones) is 1. The summed E-state index contributed by atoms with van der Waals surface area (Å²) in [6.45, 7) is 9.90. The number of hydrogen-bond acceptors (Lipinski definition) is 12. The molecule has 4 heterocycles. The largest absolute Gasteiger partial charge is 0.444 e. The third-order valence-electron chi connectivity index (χ3n) is 8.08. The molecule has 3 aliphatic heterocycles. The Kier molecular flexibility index (Phi) is 10.3. The van der Waals surface area contributed by atoms with E-state index in [1.165, 1.54) is 17.9 Å². The highest BCUT2D eigenvalue weighted by Crippen LogP contribution is 2.33. The summed E-state index contributed by atoms with van der Waals surface area (Å²) in [6.07, 6.45) is -2.63. The summed E-state index contributed by atoms with van der Waals surface area (Å²) < 4.78 is 38.2. The Morgan fingerprint density at radius 1 is 1.10 bits per heavy atom. The Bertz CT molecular complexity index is 1580. The maximum atomic E-state index is 15.2. The Labute approximate surface area is 283 Å². The quantitative estimate of drug-likeness (QED) is 0.228. The van der Waals surface area contributed by atoms with Gasteiger partial charge in [-0.1, -0.05) is 0 Å². The molecule has 2 unspecified atom stereocenters. The van der Waals surface area contributed by atoms with Crippen LogP contribution in [-0.4, -0.2) is 118 Å². The number of ether oxygens (including phenoxy) is 4. The molecule has 2 atom stereocenters. The lowest BCUT2D eigenvalue weighted by atomic mass is 10.2. The fraction of sp³-hybridized carbons (Fsp3) is 0.562. The minimum Gasteiger partial charge on any atom is -0.444 e. The van der Waals surface area contributed by atoms with Crippen molar-refractivity contribution < 1.29 is 47.3 Å². The lowest BCUT2D eigenvalue weighted by Gasteiger charge is -2.35. The summed E-state index contributed by atoms with van der Waals surface area (Å²) in [4.78, 5) is 70.0. The van der Waals surface area contributed by atoms with Crippen LogP contribution in [0.5, 0.6) is 0 Å². The van der Waals surface area contributed by atoms with Crippen LogP contribution in [0.2, 0.25) is 0 Å². The van der Waals surface area contributed by atoms with Crippen molar-refractivity contribution in [1.82, 2.24) is 24.5 Å². The van der Waals surface area contributed by atoms with E-state index >= 15 is 4.39 Å². The Balaban J connectivity index is 1.08. The van der Waals surface area contributed by atoms with Crippen molar-refractivity contribution in [2.24, 2.45) is 7.05 Å². The molecule has 2 saturated heterocycles. The standard InChI is InChI=1S/C32H42FN7O9/c1-20(41)39(30(44)47-21(2)46-28(42)19-36-9-11-37(12-10-36)29(43)49-32(3,4)5)16-24-17-40(31(45)48-24)23-7-8-27(25(33)13-23)38-15-22-14-35(6)34-26(22)18-38/h7-8,13-14,21,24H,9-12,15-19H2,1-6H3. The highest BCUT2D eigenvalue weighted by molar-refractivity contribution is 5.92. The van der Waals surface area contributed by atoms with Crippen molar-refractivity contribution in [3.05, 3.63) is 41.5 Å². The topological polar surface area (TPSA) is 156 Å². The lowest BCUT2D eigenvalue weighted by Crippen LogP contribution is -2.51. The van der Waals surface area contributed by atoms with Gasteiger partial charge in [0, 0.05) is 65.4 Å². The van der Waals surface area contributed by atoms with E-state index in [1.54, 1.807) is 47.4 Å². The number of rotatable bonds is 8. The van der Waals surface area contributed by atoms with Crippen molar-refractivity contribution in [3.8, 4) is 0 Å². The third kappa shape index (κ3) is 8.76.